The molecule has 19 heavy (non-hydrogen) atoms. The largest absolute Gasteiger partial charge is 0.378 e. The van der Waals surface area contributed by atoms with Crippen molar-refractivity contribution in [2.24, 2.45) is 0 Å². The third-order valence-corrected chi connectivity index (χ3v) is 3.06. The highest BCUT2D eigenvalue weighted by molar-refractivity contribution is 5.95. The summed E-state index contributed by atoms with van der Waals surface area (Å²) in [6.07, 6.45) is 3.55. The maximum Gasteiger partial charge on any atom is 0.256 e. The van der Waals surface area contributed by atoms with Crippen LogP contribution in [0.1, 0.15) is 42.7 Å². The summed E-state index contributed by atoms with van der Waals surface area (Å²) in [7, 11) is 1.55. The molecule has 1 aliphatic rings. The lowest BCUT2D eigenvalue weighted by atomic mass is 9.89. The third-order valence-electron chi connectivity index (χ3n) is 3.06. The first-order valence-electron chi connectivity index (χ1n) is 6.48. The van der Waals surface area contributed by atoms with Crippen LogP contribution in [0.15, 0.2) is 10.8 Å². The van der Waals surface area contributed by atoms with Crippen LogP contribution in [0.3, 0.4) is 0 Å². The molecule has 1 aliphatic carbocycles. The van der Waals surface area contributed by atoms with E-state index in [1.165, 1.54) is 6.26 Å². The molecule has 0 atom stereocenters. The molecule has 0 bridgehead atoms. The minimum Gasteiger partial charge on any atom is -0.378 e. The van der Waals surface area contributed by atoms with Crippen LogP contribution in [0.4, 0.5) is 0 Å². The van der Waals surface area contributed by atoms with Gasteiger partial charge in [0, 0.05) is 13.2 Å². The maximum atomic E-state index is 12.0. The first-order chi connectivity index (χ1) is 9.10. The zero-order chi connectivity index (χ0) is 13.8. The van der Waals surface area contributed by atoms with E-state index in [-0.39, 0.29) is 30.8 Å². The Labute approximate surface area is 112 Å². The summed E-state index contributed by atoms with van der Waals surface area (Å²) in [6.45, 7) is 4.29. The third kappa shape index (κ3) is 3.54. The Morgan fingerprint density at radius 1 is 1.58 bits per heavy atom. The van der Waals surface area contributed by atoms with Crippen molar-refractivity contribution in [2.75, 3.05) is 7.11 Å². The number of aromatic nitrogens is 1. The van der Waals surface area contributed by atoms with Gasteiger partial charge in [-0.1, -0.05) is 5.16 Å². The van der Waals surface area contributed by atoms with Crippen molar-refractivity contribution >= 4 is 5.91 Å². The highest BCUT2D eigenvalue weighted by Crippen LogP contribution is 2.25. The van der Waals surface area contributed by atoms with E-state index in [4.69, 9.17) is 14.0 Å². The number of ether oxygens (including phenoxy) is 2. The van der Waals surface area contributed by atoms with E-state index in [1.54, 1.807) is 7.11 Å². The summed E-state index contributed by atoms with van der Waals surface area (Å²) < 4.78 is 15.4. The zero-order valence-corrected chi connectivity index (χ0v) is 11.5. The van der Waals surface area contributed by atoms with Crippen LogP contribution in [0, 0.1) is 0 Å². The first kappa shape index (κ1) is 14.0. The molecular weight excluding hydrogens is 248 g/mol. The average molecular weight is 268 g/mol. The number of hydrogen-bond donors (Lipinski definition) is 1. The van der Waals surface area contributed by atoms with Gasteiger partial charge in [0.2, 0.25) is 0 Å². The van der Waals surface area contributed by atoms with E-state index < -0.39 is 0 Å². The van der Waals surface area contributed by atoms with E-state index in [9.17, 15) is 4.79 Å². The molecule has 0 saturated heterocycles. The molecule has 6 nitrogen and oxygen atoms in total. The summed E-state index contributed by atoms with van der Waals surface area (Å²) >= 11 is 0. The second kappa shape index (κ2) is 6.16. The van der Waals surface area contributed by atoms with Gasteiger partial charge < -0.3 is 19.3 Å². The molecule has 0 aromatic carbocycles. The smallest absolute Gasteiger partial charge is 0.256 e. The predicted molar refractivity (Wildman–Crippen MR) is 67.7 cm³/mol. The molecule has 1 fully saturated rings. The normalized spacial score (nSPS) is 22.3. The standard InChI is InChI=1S/C13H20N2O4/c1-8(2)19-10-4-9(5-10)14-13(16)11-6-18-15-12(11)7-17-3/h6,8-10H,4-5,7H2,1-3H3,(H,14,16). The van der Waals surface area contributed by atoms with Gasteiger partial charge in [-0.3, -0.25) is 4.79 Å². The van der Waals surface area contributed by atoms with Crippen LogP contribution < -0.4 is 5.32 Å². The Morgan fingerprint density at radius 3 is 2.95 bits per heavy atom. The molecule has 0 radical (unpaired) electrons. The van der Waals surface area contributed by atoms with Crippen LogP contribution in [0.5, 0.6) is 0 Å². The minimum absolute atomic E-state index is 0.165. The van der Waals surface area contributed by atoms with Gasteiger partial charge >= 0.3 is 0 Å². The molecule has 0 unspecified atom stereocenters. The SMILES string of the molecule is COCc1nocc1C(=O)NC1CC(OC(C)C)C1. The van der Waals surface area contributed by atoms with Gasteiger partial charge in [0.1, 0.15) is 17.5 Å². The Kier molecular flexibility index (Phi) is 4.55. The second-order valence-electron chi connectivity index (χ2n) is 5.06. The van der Waals surface area contributed by atoms with Gasteiger partial charge in [-0.25, -0.2) is 0 Å². The fraction of sp³-hybridized carbons (Fsp3) is 0.692. The Balaban J connectivity index is 1.81. The number of hydrogen-bond acceptors (Lipinski definition) is 5. The number of carbonyl (C=O) groups excluding carboxylic acids is 1. The number of nitrogens with one attached hydrogen (secondary N) is 1. The zero-order valence-electron chi connectivity index (χ0n) is 11.5. The lowest BCUT2D eigenvalue weighted by Gasteiger charge is -2.36. The number of methoxy groups -OCH3 is 1. The van der Waals surface area contributed by atoms with Crippen molar-refractivity contribution in [3.63, 3.8) is 0 Å². The molecule has 1 aromatic rings. The fourth-order valence-corrected chi connectivity index (χ4v) is 2.13. The quantitative estimate of drug-likeness (QED) is 0.846. The van der Waals surface area contributed by atoms with Gasteiger partial charge in [0.05, 0.1) is 18.8 Å². The van der Waals surface area contributed by atoms with Crippen LogP contribution in [0.25, 0.3) is 0 Å². The predicted octanol–water partition coefficient (Wildman–Crippen LogP) is 1.51. The highest BCUT2D eigenvalue weighted by atomic mass is 16.5. The topological polar surface area (TPSA) is 73.6 Å². The molecule has 0 aliphatic heterocycles. The highest BCUT2D eigenvalue weighted by Gasteiger charge is 2.32. The van der Waals surface area contributed by atoms with Gasteiger partial charge in [-0.15, -0.1) is 0 Å². The molecule has 0 spiro atoms. The molecule has 1 aromatic heterocycles. The van der Waals surface area contributed by atoms with Crippen LogP contribution in [-0.2, 0) is 16.1 Å². The summed E-state index contributed by atoms with van der Waals surface area (Å²) in [5, 5.41) is 6.69. The van der Waals surface area contributed by atoms with Crippen LogP contribution >= 0.6 is 0 Å². The van der Waals surface area contributed by atoms with Crippen molar-refractivity contribution < 1.29 is 18.8 Å². The van der Waals surface area contributed by atoms with E-state index in [0.717, 1.165) is 12.8 Å². The molecule has 2 rings (SSSR count). The van der Waals surface area contributed by atoms with Gasteiger partial charge in [0.25, 0.3) is 5.91 Å². The summed E-state index contributed by atoms with van der Waals surface area (Å²) in [4.78, 5) is 12.0. The summed E-state index contributed by atoms with van der Waals surface area (Å²) in [6, 6.07) is 0.168. The van der Waals surface area contributed by atoms with Gasteiger partial charge in [-0.05, 0) is 26.7 Å². The summed E-state index contributed by atoms with van der Waals surface area (Å²) in [5.41, 5.74) is 0.962. The molecule has 1 saturated carbocycles. The van der Waals surface area contributed by atoms with Crippen molar-refractivity contribution in [1.82, 2.24) is 10.5 Å². The van der Waals surface area contributed by atoms with E-state index in [0.29, 0.717) is 11.3 Å². The Morgan fingerprint density at radius 2 is 2.32 bits per heavy atom. The second-order valence-corrected chi connectivity index (χ2v) is 5.06. The van der Waals surface area contributed by atoms with Crippen LogP contribution in [-0.4, -0.2) is 36.4 Å². The lowest BCUT2D eigenvalue weighted by Crippen LogP contribution is -2.48. The molecule has 1 amide bonds. The van der Waals surface area contributed by atoms with Crippen LogP contribution in [0.2, 0.25) is 0 Å². The van der Waals surface area contributed by atoms with E-state index in [1.807, 2.05) is 13.8 Å². The molecule has 106 valence electrons. The number of nitrogens with zero attached hydrogens (tertiary/aromatic N) is 1. The maximum absolute atomic E-state index is 12.0. The Hall–Kier alpha value is -1.40. The Bertz CT molecular complexity index is 424. The number of amides is 1. The molecule has 6 heteroatoms. The number of rotatable bonds is 6. The van der Waals surface area contributed by atoms with Crippen molar-refractivity contribution in [3.05, 3.63) is 17.5 Å². The van der Waals surface area contributed by atoms with Gasteiger partial charge in [-0.2, -0.15) is 0 Å². The van der Waals surface area contributed by atoms with Crippen molar-refractivity contribution in [3.8, 4) is 0 Å². The molecule has 1 N–H and O–H groups in total. The van der Waals surface area contributed by atoms with Gasteiger partial charge in [0.15, 0.2) is 0 Å². The minimum atomic E-state index is -0.165. The van der Waals surface area contributed by atoms with Crippen molar-refractivity contribution in [2.45, 2.75) is 51.5 Å². The summed E-state index contributed by atoms with van der Waals surface area (Å²) in [5.74, 6) is -0.165. The van der Waals surface area contributed by atoms with E-state index in [2.05, 4.69) is 10.5 Å². The monoisotopic (exact) mass is 268 g/mol. The van der Waals surface area contributed by atoms with E-state index >= 15 is 0 Å². The number of carbonyl (C=O) groups is 1. The lowest BCUT2D eigenvalue weighted by molar-refractivity contribution is -0.0482. The van der Waals surface area contributed by atoms with Crippen molar-refractivity contribution in [1.29, 1.82) is 0 Å². The first-order valence-corrected chi connectivity index (χ1v) is 6.48. The molecular formula is C13H20N2O4. The fourth-order valence-electron chi connectivity index (χ4n) is 2.13. The average Bonchev–Trinajstić information content (AvgIpc) is 2.74. The molecule has 1 heterocycles.